The maximum atomic E-state index is 11.9. The molecule has 0 saturated carbocycles. The standard InChI is InChI=1S/C15H30N2O/c1-3-5-6-7-8-9-10-14(18)17-12-15(16,13-17)11-4-2/h3-13,16H2,1-2H3. The molecule has 0 aromatic carbocycles. The SMILES string of the molecule is CCCCCCCCC(=O)N1CC(N)(CCC)C1. The fourth-order valence-corrected chi connectivity index (χ4v) is 2.76. The molecule has 0 atom stereocenters. The molecule has 1 amide bonds. The number of carbonyl (C=O) groups is 1. The molecule has 0 spiro atoms. The summed E-state index contributed by atoms with van der Waals surface area (Å²) in [4.78, 5) is 13.8. The molecule has 0 bridgehead atoms. The Morgan fingerprint density at radius 1 is 1.06 bits per heavy atom. The van der Waals surface area contributed by atoms with E-state index in [0.717, 1.165) is 32.4 Å². The van der Waals surface area contributed by atoms with Gasteiger partial charge in [0, 0.05) is 19.5 Å². The van der Waals surface area contributed by atoms with Crippen LogP contribution in [0.25, 0.3) is 0 Å². The van der Waals surface area contributed by atoms with E-state index < -0.39 is 0 Å². The van der Waals surface area contributed by atoms with Gasteiger partial charge in [0.2, 0.25) is 5.91 Å². The van der Waals surface area contributed by atoms with Gasteiger partial charge < -0.3 is 10.6 Å². The Kier molecular flexibility index (Phi) is 6.69. The second-order valence-electron chi connectivity index (χ2n) is 5.88. The summed E-state index contributed by atoms with van der Waals surface area (Å²) in [7, 11) is 0. The van der Waals surface area contributed by atoms with Crippen molar-refractivity contribution in [3.8, 4) is 0 Å². The van der Waals surface area contributed by atoms with Crippen LogP contribution in [0.4, 0.5) is 0 Å². The summed E-state index contributed by atoms with van der Waals surface area (Å²) < 4.78 is 0. The number of likely N-dealkylation sites (tertiary alicyclic amines) is 1. The summed E-state index contributed by atoms with van der Waals surface area (Å²) in [6.45, 7) is 5.92. The Morgan fingerprint density at radius 3 is 2.28 bits per heavy atom. The van der Waals surface area contributed by atoms with Crippen molar-refractivity contribution in [3.63, 3.8) is 0 Å². The topological polar surface area (TPSA) is 46.3 Å². The molecule has 1 heterocycles. The van der Waals surface area contributed by atoms with E-state index in [4.69, 9.17) is 5.73 Å². The molecule has 0 aromatic heterocycles. The van der Waals surface area contributed by atoms with E-state index in [1.165, 1.54) is 32.1 Å². The van der Waals surface area contributed by atoms with E-state index in [9.17, 15) is 4.79 Å². The highest BCUT2D eigenvalue weighted by molar-refractivity contribution is 5.77. The van der Waals surface area contributed by atoms with Gasteiger partial charge in [0.15, 0.2) is 0 Å². The average molecular weight is 254 g/mol. The third-order valence-corrected chi connectivity index (χ3v) is 3.86. The molecular formula is C15H30N2O. The number of nitrogens with two attached hydrogens (primary N) is 1. The first-order valence-electron chi connectivity index (χ1n) is 7.68. The van der Waals surface area contributed by atoms with Crippen molar-refractivity contribution in [2.24, 2.45) is 5.73 Å². The summed E-state index contributed by atoms with van der Waals surface area (Å²) in [5, 5.41) is 0. The predicted molar refractivity (Wildman–Crippen MR) is 76.4 cm³/mol. The van der Waals surface area contributed by atoms with E-state index in [0.29, 0.717) is 12.3 Å². The van der Waals surface area contributed by atoms with Crippen LogP contribution in [0.15, 0.2) is 0 Å². The molecular weight excluding hydrogens is 224 g/mol. The fraction of sp³-hybridized carbons (Fsp3) is 0.933. The molecule has 0 aliphatic carbocycles. The van der Waals surface area contributed by atoms with Crippen molar-refractivity contribution < 1.29 is 4.79 Å². The lowest BCUT2D eigenvalue weighted by molar-refractivity contribution is -0.139. The summed E-state index contributed by atoms with van der Waals surface area (Å²) >= 11 is 0. The van der Waals surface area contributed by atoms with Gasteiger partial charge in [-0.1, -0.05) is 52.4 Å². The molecule has 2 N–H and O–H groups in total. The first-order valence-corrected chi connectivity index (χ1v) is 7.68. The highest BCUT2D eigenvalue weighted by Crippen LogP contribution is 2.24. The molecule has 18 heavy (non-hydrogen) atoms. The van der Waals surface area contributed by atoms with Crippen LogP contribution >= 0.6 is 0 Å². The number of rotatable bonds is 9. The van der Waals surface area contributed by atoms with Gasteiger partial charge in [0.25, 0.3) is 0 Å². The van der Waals surface area contributed by atoms with Gasteiger partial charge in [-0.2, -0.15) is 0 Å². The van der Waals surface area contributed by atoms with E-state index in [1.54, 1.807) is 0 Å². The van der Waals surface area contributed by atoms with Crippen LogP contribution < -0.4 is 5.73 Å². The molecule has 0 radical (unpaired) electrons. The Bertz CT molecular complexity index is 247. The number of amides is 1. The molecule has 0 aromatic rings. The Labute approximate surface area is 112 Å². The molecule has 106 valence electrons. The zero-order valence-corrected chi connectivity index (χ0v) is 12.2. The van der Waals surface area contributed by atoms with Gasteiger partial charge in [0.05, 0.1) is 5.54 Å². The molecule has 1 aliphatic heterocycles. The molecule has 1 rings (SSSR count). The predicted octanol–water partition coefficient (Wildman–Crippen LogP) is 3.08. The van der Waals surface area contributed by atoms with Crippen molar-refractivity contribution in [2.45, 2.75) is 77.2 Å². The lowest BCUT2D eigenvalue weighted by Gasteiger charge is -2.48. The van der Waals surface area contributed by atoms with Crippen molar-refractivity contribution in [3.05, 3.63) is 0 Å². The second-order valence-corrected chi connectivity index (χ2v) is 5.88. The van der Waals surface area contributed by atoms with Crippen molar-refractivity contribution >= 4 is 5.91 Å². The van der Waals surface area contributed by atoms with E-state index in [1.807, 2.05) is 4.90 Å². The van der Waals surface area contributed by atoms with Crippen LogP contribution in [0.1, 0.15) is 71.6 Å². The largest absolute Gasteiger partial charge is 0.339 e. The van der Waals surface area contributed by atoms with Gasteiger partial charge in [-0.25, -0.2) is 0 Å². The van der Waals surface area contributed by atoms with Gasteiger partial charge >= 0.3 is 0 Å². The molecule has 1 fully saturated rings. The Hall–Kier alpha value is -0.570. The maximum Gasteiger partial charge on any atom is 0.222 e. The Morgan fingerprint density at radius 2 is 1.67 bits per heavy atom. The van der Waals surface area contributed by atoms with Crippen LogP contribution in [0.5, 0.6) is 0 Å². The normalized spacial score (nSPS) is 17.6. The van der Waals surface area contributed by atoms with E-state index >= 15 is 0 Å². The second kappa shape index (κ2) is 7.78. The van der Waals surface area contributed by atoms with Crippen LogP contribution in [-0.2, 0) is 4.79 Å². The minimum absolute atomic E-state index is 0.0778. The fourth-order valence-electron chi connectivity index (χ4n) is 2.76. The van der Waals surface area contributed by atoms with Crippen LogP contribution in [0.2, 0.25) is 0 Å². The zero-order chi connectivity index (χ0) is 13.4. The Balaban J connectivity index is 2.02. The quantitative estimate of drug-likeness (QED) is 0.643. The number of nitrogens with zero attached hydrogens (tertiary/aromatic N) is 1. The van der Waals surface area contributed by atoms with Crippen molar-refractivity contribution in [1.82, 2.24) is 4.90 Å². The number of unbranched alkanes of at least 4 members (excludes halogenated alkanes) is 5. The average Bonchev–Trinajstić information content (AvgIpc) is 2.30. The van der Waals surface area contributed by atoms with Crippen LogP contribution in [0, 0.1) is 0 Å². The third kappa shape index (κ3) is 4.97. The minimum Gasteiger partial charge on any atom is -0.339 e. The van der Waals surface area contributed by atoms with Gasteiger partial charge in [0.1, 0.15) is 0 Å². The van der Waals surface area contributed by atoms with Crippen molar-refractivity contribution in [2.75, 3.05) is 13.1 Å². The first-order chi connectivity index (χ1) is 8.61. The lowest BCUT2D eigenvalue weighted by Crippen LogP contribution is -2.68. The van der Waals surface area contributed by atoms with Gasteiger partial charge in [-0.3, -0.25) is 4.79 Å². The highest BCUT2D eigenvalue weighted by atomic mass is 16.2. The number of hydrogen-bond acceptors (Lipinski definition) is 2. The van der Waals surface area contributed by atoms with E-state index in [2.05, 4.69) is 13.8 Å². The van der Waals surface area contributed by atoms with Gasteiger partial charge in [-0.05, 0) is 12.8 Å². The molecule has 3 nitrogen and oxygen atoms in total. The summed E-state index contributed by atoms with van der Waals surface area (Å²) in [6.07, 6.45) is 10.3. The number of hydrogen-bond donors (Lipinski definition) is 1. The molecule has 0 unspecified atom stereocenters. The summed E-state index contributed by atoms with van der Waals surface area (Å²) in [5.74, 6) is 0.308. The molecule has 1 aliphatic rings. The van der Waals surface area contributed by atoms with Crippen LogP contribution in [-0.4, -0.2) is 29.4 Å². The number of carbonyl (C=O) groups excluding carboxylic acids is 1. The first kappa shape index (κ1) is 15.5. The lowest BCUT2D eigenvalue weighted by atomic mass is 9.86. The monoisotopic (exact) mass is 254 g/mol. The summed E-state index contributed by atoms with van der Waals surface area (Å²) in [5.41, 5.74) is 6.08. The molecule has 1 saturated heterocycles. The minimum atomic E-state index is -0.0778. The third-order valence-electron chi connectivity index (χ3n) is 3.86. The molecule has 3 heteroatoms. The highest BCUT2D eigenvalue weighted by Gasteiger charge is 2.40. The van der Waals surface area contributed by atoms with Gasteiger partial charge in [-0.15, -0.1) is 0 Å². The smallest absolute Gasteiger partial charge is 0.222 e. The zero-order valence-electron chi connectivity index (χ0n) is 12.2. The van der Waals surface area contributed by atoms with E-state index in [-0.39, 0.29) is 5.54 Å². The van der Waals surface area contributed by atoms with Crippen LogP contribution in [0.3, 0.4) is 0 Å². The van der Waals surface area contributed by atoms with Crippen molar-refractivity contribution in [1.29, 1.82) is 0 Å². The summed E-state index contributed by atoms with van der Waals surface area (Å²) in [6, 6.07) is 0. The maximum absolute atomic E-state index is 11.9.